The zero-order valence-electron chi connectivity index (χ0n) is 12.6. The molecule has 2 atom stereocenters. The van der Waals surface area contributed by atoms with Gasteiger partial charge in [0.05, 0.1) is 6.10 Å². The van der Waals surface area contributed by atoms with Gasteiger partial charge in [0.15, 0.2) is 0 Å². The highest BCUT2D eigenvalue weighted by atomic mass is 35.5. The molecule has 2 rings (SSSR count). The van der Waals surface area contributed by atoms with Crippen molar-refractivity contribution in [1.82, 2.24) is 5.32 Å². The first kappa shape index (κ1) is 15.8. The van der Waals surface area contributed by atoms with Gasteiger partial charge in [-0.2, -0.15) is 0 Å². The predicted molar refractivity (Wildman–Crippen MR) is 85.4 cm³/mol. The molecular formula is C17H26ClNO. The summed E-state index contributed by atoms with van der Waals surface area (Å²) in [5, 5.41) is 4.42. The fraction of sp³-hybridized carbons (Fsp3) is 0.647. The number of halogens is 1. The molecule has 0 radical (unpaired) electrons. The standard InChI is InChI=1S/C17H26ClNO/c1-3-19-17(8-4-6-15-7-5-11-20-15)16-12-14(18)10-9-13(16)2/h9-10,12,15,17,19H,3-8,11H2,1-2H3. The highest BCUT2D eigenvalue weighted by Gasteiger charge is 2.17. The molecule has 1 aliphatic rings. The van der Waals surface area contributed by atoms with Crippen LogP contribution in [0.4, 0.5) is 0 Å². The lowest BCUT2D eigenvalue weighted by Crippen LogP contribution is -2.22. The Hall–Kier alpha value is -0.570. The van der Waals surface area contributed by atoms with Gasteiger partial charge in [0, 0.05) is 17.7 Å². The molecule has 2 nitrogen and oxygen atoms in total. The fourth-order valence-corrected chi connectivity index (χ4v) is 3.20. The summed E-state index contributed by atoms with van der Waals surface area (Å²) in [6.45, 7) is 6.26. The van der Waals surface area contributed by atoms with E-state index >= 15 is 0 Å². The lowest BCUT2D eigenvalue weighted by Gasteiger charge is -2.21. The highest BCUT2D eigenvalue weighted by Crippen LogP contribution is 2.27. The van der Waals surface area contributed by atoms with Crippen molar-refractivity contribution in [2.24, 2.45) is 0 Å². The van der Waals surface area contributed by atoms with Crippen LogP contribution in [0, 0.1) is 6.92 Å². The largest absolute Gasteiger partial charge is 0.378 e. The Kier molecular flexibility index (Phi) is 6.34. The molecule has 20 heavy (non-hydrogen) atoms. The van der Waals surface area contributed by atoms with Crippen molar-refractivity contribution < 1.29 is 4.74 Å². The number of nitrogens with one attached hydrogen (secondary N) is 1. The third kappa shape index (κ3) is 4.47. The Morgan fingerprint density at radius 1 is 1.45 bits per heavy atom. The van der Waals surface area contributed by atoms with Crippen LogP contribution in [0.1, 0.15) is 56.2 Å². The maximum absolute atomic E-state index is 6.15. The fourth-order valence-electron chi connectivity index (χ4n) is 3.02. The van der Waals surface area contributed by atoms with Crippen LogP contribution in [-0.4, -0.2) is 19.3 Å². The Balaban J connectivity index is 1.93. The Morgan fingerprint density at radius 2 is 2.30 bits per heavy atom. The van der Waals surface area contributed by atoms with E-state index in [0.29, 0.717) is 12.1 Å². The molecule has 1 fully saturated rings. The van der Waals surface area contributed by atoms with E-state index < -0.39 is 0 Å². The average Bonchev–Trinajstić information content (AvgIpc) is 2.94. The van der Waals surface area contributed by atoms with E-state index in [1.807, 2.05) is 6.07 Å². The molecule has 3 heteroatoms. The molecule has 1 N–H and O–H groups in total. The van der Waals surface area contributed by atoms with E-state index in [0.717, 1.165) is 24.6 Å². The van der Waals surface area contributed by atoms with Gasteiger partial charge in [-0.05, 0) is 68.8 Å². The van der Waals surface area contributed by atoms with Crippen LogP contribution in [0.5, 0.6) is 0 Å². The predicted octanol–water partition coefficient (Wildman–Crippen LogP) is 4.65. The van der Waals surface area contributed by atoms with Crippen molar-refractivity contribution in [3.05, 3.63) is 34.3 Å². The van der Waals surface area contributed by atoms with E-state index in [4.69, 9.17) is 16.3 Å². The normalized spacial score (nSPS) is 20.2. The second kappa shape index (κ2) is 8.02. The van der Waals surface area contributed by atoms with Crippen LogP contribution in [0.25, 0.3) is 0 Å². The van der Waals surface area contributed by atoms with Crippen LogP contribution in [0.2, 0.25) is 5.02 Å². The minimum atomic E-state index is 0.403. The molecular weight excluding hydrogens is 270 g/mol. The molecule has 0 aliphatic carbocycles. The van der Waals surface area contributed by atoms with Crippen LogP contribution in [-0.2, 0) is 4.74 Å². The summed E-state index contributed by atoms with van der Waals surface area (Å²) in [7, 11) is 0. The van der Waals surface area contributed by atoms with Crippen molar-refractivity contribution in [2.75, 3.05) is 13.2 Å². The summed E-state index contributed by atoms with van der Waals surface area (Å²) >= 11 is 6.15. The van der Waals surface area contributed by atoms with Gasteiger partial charge in [-0.3, -0.25) is 0 Å². The minimum Gasteiger partial charge on any atom is -0.378 e. The quantitative estimate of drug-likeness (QED) is 0.790. The van der Waals surface area contributed by atoms with Crippen LogP contribution >= 0.6 is 11.6 Å². The summed E-state index contributed by atoms with van der Waals surface area (Å²) in [6, 6.07) is 6.59. The van der Waals surface area contributed by atoms with Crippen molar-refractivity contribution in [1.29, 1.82) is 0 Å². The van der Waals surface area contributed by atoms with E-state index in [2.05, 4.69) is 31.3 Å². The monoisotopic (exact) mass is 295 g/mol. The van der Waals surface area contributed by atoms with E-state index in [1.54, 1.807) is 0 Å². The zero-order valence-corrected chi connectivity index (χ0v) is 13.4. The second-order valence-electron chi connectivity index (χ2n) is 5.68. The van der Waals surface area contributed by atoms with Crippen molar-refractivity contribution >= 4 is 11.6 Å². The third-order valence-corrected chi connectivity index (χ3v) is 4.35. The average molecular weight is 296 g/mol. The summed E-state index contributed by atoms with van der Waals surface area (Å²) in [6.07, 6.45) is 6.50. The van der Waals surface area contributed by atoms with Gasteiger partial charge in [0.2, 0.25) is 0 Å². The SMILES string of the molecule is CCNC(CCCC1CCCO1)c1cc(Cl)ccc1C. The number of hydrogen-bond donors (Lipinski definition) is 1. The van der Waals surface area contributed by atoms with E-state index in [-0.39, 0.29) is 0 Å². The molecule has 1 aromatic rings. The van der Waals surface area contributed by atoms with Gasteiger partial charge in [0.1, 0.15) is 0 Å². The maximum atomic E-state index is 6.15. The van der Waals surface area contributed by atoms with E-state index in [9.17, 15) is 0 Å². The van der Waals surface area contributed by atoms with Crippen LogP contribution < -0.4 is 5.32 Å². The number of rotatable bonds is 7. The summed E-state index contributed by atoms with van der Waals surface area (Å²) in [5.41, 5.74) is 2.66. The van der Waals surface area contributed by atoms with Crippen molar-refractivity contribution in [2.45, 2.75) is 58.1 Å². The Morgan fingerprint density at radius 3 is 3.00 bits per heavy atom. The topological polar surface area (TPSA) is 21.3 Å². The lowest BCUT2D eigenvalue weighted by atomic mass is 9.95. The van der Waals surface area contributed by atoms with Crippen molar-refractivity contribution in [3.8, 4) is 0 Å². The lowest BCUT2D eigenvalue weighted by molar-refractivity contribution is 0.101. The molecule has 0 spiro atoms. The second-order valence-corrected chi connectivity index (χ2v) is 6.11. The highest BCUT2D eigenvalue weighted by molar-refractivity contribution is 6.30. The third-order valence-electron chi connectivity index (χ3n) is 4.11. The smallest absolute Gasteiger partial charge is 0.0576 e. The number of benzene rings is 1. The van der Waals surface area contributed by atoms with Gasteiger partial charge < -0.3 is 10.1 Å². The molecule has 2 unspecified atom stereocenters. The Bertz CT molecular complexity index is 415. The first-order valence-electron chi connectivity index (χ1n) is 7.81. The Labute approximate surface area is 127 Å². The van der Waals surface area contributed by atoms with Gasteiger partial charge in [0.25, 0.3) is 0 Å². The summed E-state index contributed by atoms with van der Waals surface area (Å²) in [5.74, 6) is 0. The molecule has 1 aliphatic heterocycles. The molecule has 0 amide bonds. The van der Waals surface area contributed by atoms with Gasteiger partial charge in [-0.25, -0.2) is 0 Å². The molecule has 1 saturated heterocycles. The van der Waals surface area contributed by atoms with Crippen LogP contribution in [0.3, 0.4) is 0 Å². The molecule has 0 bridgehead atoms. The number of ether oxygens (including phenoxy) is 1. The van der Waals surface area contributed by atoms with Crippen LogP contribution in [0.15, 0.2) is 18.2 Å². The summed E-state index contributed by atoms with van der Waals surface area (Å²) < 4.78 is 5.70. The molecule has 112 valence electrons. The molecule has 1 aromatic carbocycles. The summed E-state index contributed by atoms with van der Waals surface area (Å²) in [4.78, 5) is 0. The first-order chi connectivity index (χ1) is 9.70. The van der Waals surface area contributed by atoms with E-state index in [1.165, 1.54) is 36.8 Å². The van der Waals surface area contributed by atoms with Gasteiger partial charge in [-0.15, -0.1) is 0 Å². The number of aryl methyl sites for hydroxylation is 1. The zero-order chi connectivity index (χ0) is 14.4. The number of hydrogen-bond acceptors (Lipinski definition) is 2. The molecule has 0 aromatic heterocycles. The first-order valence-corrected chi connectivity index (χ1v) is 8.19. The molecule has 0 saturated carbocycles. The van der Waals surface area contributed by atoms with Gasteiger partial charge >= 0.3 is 0 Å². The molecule has 1 heterocycles. The van der Waals surface area contributed by atoms with Crippen molar-refractivity contribution in [3.63, 3.8) is 0 Å². The van der Waals surface area contributed by atoms with Gasteiger partial charge in [-0.1, -0.05) is 24.6 Å². The minimum absolute atomic E-state index is 0.403. The maximum Gasteiger partial charge on any atom is 0.0576 e.